The number of hydrogen-bond acceptors (Lipinski definition) is 2. The summed E-state index contributed by atoms with van der Waals surface area (Å²) in [7, 11) is 0. The Kier molecular flexibility index (Phi) is 3.09. The first-order chi connectivity index (χ1) is 6.06. The Labute approximate surface area is 80.0 Å². The van der Waals surface area contributed by atoms with Gasteiger partial charge >= 0.3 is 0 Å². The van der Waals surface area contributed by atoms with Crippen LogP contribution in [0.25, 0.3) is 0 Å². The van der Waals surface area contributed by atoms with E-state index in [1.54, 1.807) is 0 Å². The van der Waals surface area contributed by atoms with Gasteiger partial charge < -0.3 is 10.3 Å². The highest BCUT2D eigenvalue weighted by molar-refractivity contribution is 5.15. The fraction of sp³-hybridized carbons (Fsp3) is 0.700. The molecule has 0 radical (unpaired) electrons. The average molecular weight is 181 g/mol. The van der Waals surface area contributed by atoms with E-state index >= 15 is 0 Å². The third kappa shape index (κ3) is 2.10. The molecule has 1 aromatic rings. The summed E-state index contributed by atoms with van der Waals surface area (Å²) in [6.07, 6.45) is 0.999. The van der Waals surface area contributed by atoms with Crippen LogP contribution in [0.4, 0.5) is 0 Å². The SMILES string of the molecule is CCc1nc(C)n(CC(C)N)c1C. The van der Waals surface area contributed by atoms with Gasteiger partial charge in [-0.25, -0.2) is 4.98 Å². The summed E-state index contributed by atoms with van der Waals surface area (Å²) in [5.41, 5.74) is 8.22. The summed E-state index contributed by atoms with van der Waals surface area (Å²) in [5.74, 6) is 1.08. The van der Waals surface area contributed by atoms with E-state index in [1.165, 1.54) is 11.4 Å². The van der Waals surface area contributed by atoms with Crippen molar-refractivity contribution in [2.24, 2.45) is 5.73 Å². The smallest absolute Gasteiger partial charge is 0.106 e. The predicted octanol–water partition coefficient (Wildman–Crippen LogP) is 1.41. The number of nitrogens with zero attached hydrogens (tertiary/aromatic N) is 2. The molecule has 13 heavy (non-hydrogen) atoms. The van der Waals surface area contributed by atoms with E-state index < -0.39 is 0 Å². The first-order valence-corrected chi connectivity index (χ1v) is 4.84. The molecule has 0 spiro atoms. The zero-order valence-electron chi connectivity index (χ0n) is 8.96. The molecule has 1 rings (SSSR count). The normalized spacial score (nSPS) is 13.3. The lowest BCUT2D eigenvalue weighted by Crippen LogP contribution is -2.23. The predicted molar refractivity (Wildman–Crippen MR) is 54.7 cm³/mol. The van der Waals surface area contributed by atoms with Crippen LogP contribution in [0.3, 0.4) is 0 Å². The van der Waals surface area contributed by atoms with Gasteiger partial charge in [0.2, 0.25) is 0 Å². The summed E-state index contributed by atoms with van der Waals surface area (Å²) in [4.78, 5) is 4.49. The van der Waals surface area contributed by atoms with Gasteiger partial charge in [0.05, 0.1) is 5.69 Å². The van der Waals surface area contributed by atoms with Crippen molar-refractivity contribution >= 4 is 0 Å². The molecule has 0 aliphatic carbocycles. The molecule has 0 bridgehead atoms. The first kappa shape index (κ1) is 10.3. The lowest BCUT2D eigenvalue weighted by molar-refractivity contribution is 0.566. The molecule has 1 atom stereocenters. The molecule has 1 aromatic heterocycles. The van der Waals surface area contributed by atoms with Gasteiger partial charge in [-0.2, -0.15) is 0 Å². The molecule has 0 aliphatic heterocycles. The molecule has 2 N–H and O–H groups in total. The molecule has 1 heterocycles. The lowest BCUT2D eigenvalue weighted by Gasteiger charge is -2.10. The molecule has 0 saturated heterocycles. The third-order valence-corrected chi connectivity index (χ3v) is 2.32. The Balaban J connectivity index is 2.98. The number of aryl methyl sites for hydroxylation is 2. The van der Waals surface area contributed by atoms with Crippen molar-refractivity contribution in [3.63, 3.8) is 0 Å². The van der Waals surface area contributed by atoms with Crippen LogP contribution in [0.2, 0.25) is 0 Å². The van der Waals surface area contributed by atoms with E-state index in [1.807, 2.05) is 13.8 Å². The van der Waals surface area contributed by atoms with Crippen molar-refractivity contribution in [2.45, 2.75) is 46.7 Å². The topological polar surface area (TPSA) is 43.8 Å². The van der Waals surface area contributed by atoms with Gasteiger partial charge in [-0.15, -0.1) is 0 Å². The zero-order chi connectivity index (χ0) is 10.0. The second-order valence-electron chi connectivity index (χ2n) is 3.63. The molecule has 0 aliphatic rings. The lowest BCUT2D eigenvalue weighted by atomic mass is 10.2. The minimum atomic E-state index is 0.191. The van der Waals surface area contributed by atoms with Crippen molar-refractivity contribution in [1.82, 2.24) is 9.55 Å². The van der Waals surface area contributed by atoms with Crippen molar-refractivity contribution in [1.29, 1.82) is 0 Å². The molecule has 3 heteroatoms. The van der Waals surface area contributed by atoms with Crippen molar-refractivity contribution in [3.8, 4) is 0 Å². The monoisotopic (exact) mass is 181 g/mol. The fourth-order valence-electron chi connectivity index (χ4n) is 1.63. The minimum absolute atomic E-state index is 0.191. The van der Waals surface area contributed by atoms with Crippen LogP contribution < -0.4 is 5.73 Å². The maximum absolute atomic E-state index is 5.76. The van der Waals surface area contributed by atoms with Gasteiger partial charge in [-0.3, -0.25) is 0 Å². The highest BCUT2D eigenvalue weighted by atomic mass is 15.1. The van der Waals surface area contributed by atoms with E-state index in [0.29, 0.717) is 0 Å². The van der Waals surface area contributed by atoms with Crippen molar-refractivity contribution in [2.75, 3.05) is 0 Å². The average Bonchev–Trinajstić information content (AvgIpc) is 2.31. The number of rotatable bonds is 3. The zero-order valence-corrected chi connectivity index (χ0v) is 8.96. The number of imidazole rings is 1. The van der Waals surface area contributed by atoms with Gasteiger partial charge in [0.1, 0.15) is 5.82 Å². The molecule has 74 valence electrons. The molecule has 3 nitrogen and oxygen atoms in total. The van der Waals surface area contributed by atoms with Gasteiger partial charge in [0.15, 0.2) is 0 Å². The summed E-state index contributed by atoms with van der Waals surface area (Å²) < 4.78 is 2.20. The Hall–Kier alpha value is -0.830. The van der Waals surface area contributed by atoms with Crippen molar-refractivity contribution < 1.29 is 0 Å². The quantitative estimate of drug-likeness (QED) is 0.766. The first-order valence-electron chi connectivity index (χ1n) is 4.84. The number of hydrogen-bond donors (Lipinski definition) is 1. The van der Waals surface area contributed by atoms with Crippen LogP contribution >= 0.6 is 0 Å². The van der Waals surface area contributed by atoms with E-state index in [9.17, 15) is 0 Å². The minimum Gasteiger partial charge on any atom is -0.331 e. The van der Waals surface area contributed by atoms with E-state index in [2.05, 4.69) is 23.4 Å². The standard InChI is InChI=1S/C10H19N3/c1-5-10-8(3)13(6-7(2)11)9(4)12-10/h7H,5-6,11H2,1-4H3. The van der Waals surface area contributed by atoms with Crippen molar-refractivity contribution in [3.05, 3.63) is 17.2 Å². The molecule has 1 unspecified atom stereocenters. The maximum Gasteiger partial charge on any atom is 0.106 e. The van der Waals surface area contributed by atoms with Gasteiger partial charge in [-0.1, -0.05) is 6.92 Å². The van der Waals surface area contributed by atoms with Gasteiger partial charge in [0.25, 0.3) is 0 Å². The summed E-state index contributed by atoms with van der Waals surface area (Å²) in [6.45, 7) is 9.16. The fourth-order valence-corrected chi connectivity index (χ4v) is 1.63. The van der Waals surface area contributed by atoms with E-state index in [4.69, 9.17) is 5.73 Å². The molecule has 0 aromatic carbocycles. The second kappa shape index (κ2) is 3.92. The van der Waals surface area contributed by atoms with E-state index in [0.717, 1.165) is 18.8 Å². The second-order valence-corrected chi connectivity index (χ2v) is 3.63. The van der Waals surface area contributed by atoms with Crippen LogP contribution in [0.1, 0.15) is 31.1 Å². The highest BCUT2D eigenvalue weighted by Crippen LogP contribution is 2.11. The van der Waals surface area contributed by atoms with Crippen LogP contribution in [0.15, 0.2) is 0 Å². The summed E-state index contributed by atoms with van der Waals surface area (Å²) in [5, 5.41) is 0. The molecule has 0 saturated carbocycles. The van der Waals surface area contributed by atoms with Crippen LogP contribution in [0.5, 0.6) is 0 Å². The molecule has 0 amide bonds. The third-order valence-electron chi connectivity index (χ3n) is 2.32. The Morgan fingerprint density at radius 3 is 2.46 bits per heavy atom. The maximum atomic E-state index is 5.76. The van der Waals surface area contributed by atoms with Gasteiger partial charge in [-0.05, 0) is 27.2 Å². The molecular formula is C10H19N3. The summed E-state index contributed by atoms with van der Waals surface area (Å²) >= 11 is 0. The number of aromatic nitrogens is 2. The largest absolute Gasteiger partial charge is 0.331 e. The summed E-state index contributed by atoms with van der Waals surface area (Å²) in [6, 6.07) is 0.191. The Morgan fingerprint density at radius 2 is 2.08 bits per heavy atom. The Bertz CT molecular complexity index is 287. The van der Waals surface area contributed by atoms with Crippen LogP contribution in [-0.4, -0.2) is 15.6 Å². The van der Waals surface area contributed by atoms with E-state index in [-0.39, 0.29) is 6.04 Å². The Morgan fingerprint density at radius 1 is 1.46 bits per heavy atom. The number of nitrogens with two attached hydrogens (primary N) is 1. The van der Waals surface area contributed by atoms with Crippen LogP contribution in [0, 0.1) is 13.8 Å². The van der Waals surface area contributed by atoms with Gasteiger partial charge in [0, 0.05) is 18.3 Å². The van der Waals surface area contributed by atoms with Crippen LogP contribution in [-0.2, 0) is 13.0 Å². The molecule has 0 fully saturated rings. The molecular weight excluding hydrogens is 162 g/mol. The highest BCUT2D eigenvalue weighted by Gasteiger charge is 2.09.